The first-order valence-corrected chi connectivity index (χ1v) is 16.1. The van der Waals surface area contributed by atoms with Gasteiger partial charge in [-0.15, -0.1) is 0 Å². The van der Waals surface area contributed by atoms with E-state index >= 15 is 0 Å². The van der Waals surface area contributed by atoms with Crippen molar-refractivity contribution in [2.75, 3.05) is 13.7 Å². The standard InChI is InChI=1S/C29H44O4Si/c1-29(2,3)34(5,6)33-24-15-21-9-12-26-25(22(18-30)16-28(26)27(21)17-24)13-14-32-19-20-7-10-23(31-4)11-8-20/h7-12,18,21-22,24-28H,13-17,19H2,1-6H3/t21-,22?,24-,25-,26+,27-,28-/m1/s1. The maximum absolute atomic E-state index is 12.0. The molecule has 0 saturated heterocycles. The predicted molar refractivity (Wildman–Crippen MR) is 139 cm³/mol. The molecular weight excluding hydrogens is 440 g/mol. The summed E-state index contributed by atoms with van der Waals surface area (Å²) in [7, 11) is -0.0814. The molecule has 188 valence electrons. The highest BCUT2D eigenvalue weighted by atomic mass is 28.4. The predicted octanol–water partition coefficient (Wildman–Crippen LogP) is 6.66. The number of ether oxygens (including phenoxy) is 2. The Balaban J connectivity index is 1.33. The van der Waals surface area contributed by atoms with Crippen LogP contribution in [0.25, 0.3) is 0 Å². The van der Waals surface area contributed by atoms with Crippen molar-refractivity contribution in [1.29, 1.82) is 0 Å². The van der Waals surface area contributed by atoms with E-state index in [1.807, 2.05) is 24.3 Å². The van der Waals surface area contributed by atoms with Crippen molar-refractivity contribution >= 4 is 14.6 Å². The lowest BCUT2D eigenvalue weighted by Crippen LogP contribution is -2.43. The van der Waals surface area contributed by atoms with Gasteiger partial charge in [0.2, 0.25) is 0 Å². The van der Waals surface area contributed by atoms with Crippen LogP contribution in [0.1, 0.15) is 52.0 Å². The fourth-order valence-corrected chi connectivity index (χ4v) is 7.80. The molecule has 3 aliphatic rings. The third-order valence-electron chi connectivity index (χ3n) is 9.30. The molecule has 0 spiro atoms. The van der Waals surface area contributed by atoms with Gasteiger partial charge in [0.05, 0.1) is 13.7 Å². The van der Waals surface area contributed by atoms with Gasteiger partial charge in [-0.2, -0.15) is 0 Å². The van der Waals surface area contributed by atoms with E-state index in [1.165, 1.54) is 6.29 Å². The molecule has 0 N–H and O–H groups in total. The number of benzene rings is 1. The Morgan fingerprint density at radius 1 is 1.03 bits per heavy atom. The summed E-state index contributed by atoms with van der Waals surface area (Å²) in [6, 6.07) is 8.03. The molecule has 1 unspecified atom stereocenters. The Morgan fingerprint density at radius 3 is 2.41 bits per heavy atom. The maximum Gasteiger partial charge on any atom is 0.192 e. The molecule has 3 aliphatic carbocycles. The van der Waals surface area contributed by atoms with Crippen LogP contribution in [0, 0.1) is 35.5 Å². The Kier molecular flexibility index (Phi) is 7.76. The summed E-state index contributed by atoms with van der Waals surface area (Å²) in [5.41, 5.74) is 1.15. The van der Waals surface area contributed by atoms with Crippen LogP contribution in [0.4, 0.5) is 0 Å². The summed E-state index contributed by atoms with van der Waals surface area (Å²) in [4.78, 5) is 12.0. The highest BCUT2D eigenvalue weighted by Crippen LogP contribution is 2.56. The first-order chi connectivity index (χ1) is 16.1. The van der Waals surface area contributed by atoms with E-state index in [2.05, 4.69) is 46.0 Å². The first-order valence-electron chi connectivity index (χ1n) is 13.1. The summed E-state index contributed by atoms with van der Waals surface area (Å²) >= 11 is 0. The van der Waals surface area contributed by atoms with Gasteiger partial charge in [-0.1, -0.05) is 45.1 Å². The molecule has 0 heterocycles. The van der Waals surface area contributed by atoms with Gasteiger partial charge in [0.25, 0.3) is 0 Å². The number of allylic oxidation sites excluding steroid dienone is 2. The molecule has 0 radical (unpaired) electrons. The van der Waals surface area contributed by atoms with Crippen molar-refractivity contribution in [3.8, 4) is 5.75 Å². The van der Waals surface area contributed by atoms with Crippen LogP contribution in [-0.2, 0) is 20.6 Å². The van der Waals surface area contributed by atoms with Crippen molar-refractivity contribution in [3.63, 3.8) is 0 Å². The highest BCUT2D eigenvalue weighted by Gasteiger charge is 2.52. The largest absolute Gasteiger partial charge is 0.497 e. The number of carbonyl (C=O) groups excluding carboxylic acids is 1. The average molecular weight is 485 g/mol. The number of fused-ring (bicyclic) bond motifs is 3. The molecule has 0 aliphatic heterocycles. The van der Waals surface area contributed by atoms with E-state index in [-0.39, 0.29) is 11.0 Å². The molecule has 2 fully saturated rings. The van der Waals surface area contributed by atoms with Crippen LogP contribution in [0.2, 0.25) is 18.1 Å². The minimum atomic E-state index is -1.76. The number of aldehydes is 1. The third kappa shape index (κ3) is 5.37. The molecule has 1 aromatic carbocycles. The molecule has 5 heteroatoms. The van der Waals surface area contributed by atoms with Crippen molar-refractivity contribution < 1.29 is 18.7 Å². The lowest BCUT2D eigenvalue weighted by molar-refractivity contribution is -0.112. The van der Waals surface area contributed by atoms with Crippen molar-refractivity contribution in [1.82, 2.24) is 0 Å². The van der Waals surface area contributed by atoms with E-state index in [0.29, 0.717) is 48.9 Å². The van der Waals surface area contributed by atoms with Crippen LogP contribution in [0.15, 0.2) is 36.4 Å². The van der Waals surface area contributed by atoms with Gasteiger partial charge >= 0.3 is 0 Å². The minimum Gasteiger partial charge on any atom is -0.497 e. The van der Waals surface area contributed by atoms with Gasteiger partial charge < -0.3 is 18.7 Å². The third-order valence-corrected chi connectivity index (χ3v) is 13.8. The Morgan fingerprint density at radius 2 is 1.76 bits per heavy atom. The summed E-state index contributed by atoms with van der Waals surface area (Å²) < 4.78 is 18.1. The fraction of sp³-hybridized carbons (Fsp3) is 0.690. The van der Waals surface area contributed by atoms with Crippen LogP contribution in [0.3, 0.4) is 0 Å². The molecule has 1 aromatic rings. The number of methoxy groups -OCH3 is 1. The van der Waals surface area contributed by atoms with Gasteiger partial charge in [0, 0.05) is 18.6 Å². The molecule has 0 amide bonds. The number of carbonyl (C=O) groups is 1. The monoisotopic (exact) mass is 484 g/mol. The average Bonchev–Trinajstić information content (AvgIpc) is 3.36. The molecule has 34 heavy (non-hydrogen) atoms. The highest BCUT2D eigenvalue weighted by molar-refractivity contribution is 6.74. The van der Waals surface area contributed by atoms with Crippen molar-refractivity contribution in [3.05, 3.63) is 42.0 Å². The molecule has 4 nitrogen and oxygen atoms in total. The quantitative estimate of drug-likeness (QED) is 0.170. The zero-order chi connectivity index (χ0) is 24.5. The van der Waals surface area contributed by atoms with E-state index in [4.69, 9.17) is 13.9 Å². The summed E-state index contributed by atoms with van der Waals surface area (Å²) in [6.07, 6.45) is 10.8. The Hall–Kier alpha value is -1.43. The minimum absolute atomic E-state index is 0.156. The van der Waals surface area contributed by atoms with Crippen LogP contribution < -0.4 is 4.74 Å². The van der Waals surface area contributed by atoms with Crippen LogP contribution >= 0.6 is 0 Å². The molecule has 4 rings (SSSR count). The van der Waals surface area contributed by atoms with Crippen molar-refractivity contribution in [2.45, 2.75) is 77.3 Å². The van der Waals surface area contributed by atoms with Crippen molar-refractivity contribution in [2.24, 2.45) is 35.5 Å². The second kappa shape index (κ2) is 10.3. The normalized spacial score (nSPS) is 32.9. The molecular formula is C29H44O4Si. The number of rotatable bonds is 9. The zero-order valence-corrected chi connectivity index (χ0v) is 23.0. The van der Waals surface area contributed by atoms with Gasteiger partial charge in [-0.25, -0.2) is 0 Å². The maximum atomic E-state index is 12.0. The van der Waals surface area contributed by atoms with Crippen LogP contribution in [0.5, 0.6) is 5.75 Å². The van der Waals surface area contributed by atoms with Gasteiger partial charge in [-0.3, -0.25) is 0 Å². The SMILES string of the molecule is COc1ccc(COCC[C@@H]2C(C=O)C[C@@H]3[C@H]2C=C[C@@H]2C[C@@H](O[Si](C)(C)C(C)(C)C)C[C@@H]32)cc1. The smallest absolute Gasteiger partial charge is 0.192 e. The van der Waals surface area contributed by atoms with E-state index in [0.717, 1.165) is 37.0 Å². The summed E-state index contributed by atoms with van der Waals surface area (Å²) in [5, 5.41) is 0.242. The fourth-order valence-electron chi connectivity index (χ4n) is 6.42. The zero-order valence-electron chi connectivity index (χ0n) is 22.0. The summed E-state index contributed by atoms with van der Waals surface area (Å²) in [6.45, 7) is 13.0. The topological polar surface area (TPSA) is 44.8 Å². The lowest BCUT2D eigenvalue weighted by Gasteiger charge is -2.38. The molecule has 2 saturated carbocycles. The van der Waals surface area contributed by atoms with E-state index in [9.17, 15) is 4.79 Å². The number of hydrogen-bond acceptors (Lipinski definition) is 4. The first kappa shape index (κ1) is 25.7. The second-order valence-corrected chi connectivity index (χ2v) is 17.1. The Bertz CT molecular complexity index is 856. The molecule has 0 bridgehead atoms. The Labute approximate surface area is 207 Å². The van der Waals surface area contributed by atoms with Gasteiger partial charge in [0.1, 0.15) is 12.0 Å². The summed E-state index contributed by atoms with van der Waals surface area (Å²) in [5.74, 6) is 3.82. The van der Waals surface area contributed by atoms with E-state index in [1.54, 1.807) is 7.11 Å². The van der Waals surface area contributed by atoms with Crippen LogP contribution in [-0.4, -0.2) is 34.4 Å². The second-order valence-electron chi connectivity index (χ2n) is 12.3. The molecule has 0 aromatic heterocycles. The van der Waals surface area contributed by atoms with Gasteiger partial charge in [-0.05, 0) is 91.1 Å². The van der Waals surface area contributed by atoms with Gasteiger partial charge in [0.15, 0.2) is 8.32 Å². The van der Waals surface area contributed by atoms with E-state index < -0.39 is 8.32 Å². The molecule has 7 atom stereocenters. The number of hydrogen-bond donors (Lipinski definition) is 0. The lowest BCUT2D eigenvalue weighted by atomic mass is 9.71.